The lowest BCUT2D eigenvalue weighted by molar-refractivity contribution is -0.385. The summed E-state index contributed by atoms with van der Waals surface area (Å²) in [4.78, 5) is 38.8. The van der Waals surface area contributed by atoms with E-state index < -0.39 is 15.8 Å². The molecule has 0 fully saturated rings. The SMILES string of the molecule is COc1ccc(-c2nc(NC(=O)c3ccc([N+](=O)[O-])cc3)sc2-c2ccc([N+](=O)[O-])cc2)cc1. The van der Waals surface area contributed by atoms with Gasteiger partial charge in [-0.3, -0.25) is 30.3 Å². The maximum absolute atomic E-state index is 12.7. The van der Waals surface area contributed by atoms with E-state index in [1.54, 1.807) is 31.4 Å². The van der Waals surface area contributed by atoms with Crippen LogP contribution in [0.2, 0.25) is 0 Å². The Morgan fingerprint density at radius 1 is 0.853 bits per heavy atom. The van der Waals surface area contributed by atoms with Crippen LogP contribution in [0.4, 0.5) is 16.5 Å². The molecule has 1 aromatic heterocycles. The van der Waals surface area contributed by atoms with Gasteiger partial charge in [-0.25, -0.2) is 4.98 Å². The van der Waals surface area contributed by atoms with Crippen molar-refractivity contribution in [1.82, 2.24) is 4.98 Å². The summed E-state index contributed by atoms with van der Waals surface area (Å²) < 4.78 is 5.20. The normalized spacial score (nSPS) is 10.5. The first-order valence-corrected chi connectivity index (χ1v) is 10.6. The van der Waals surface area contributed by atoms with Crippen molar-refractivity contribution in [3.8, 4) is 27.4 Å². The summed E-state index contributed by atoms with van der Waals surface area (Å²) in [7, 11) is 1.56. The number of nitrogens with zero attached hydrogens (tertiary/aromatic N) is 3. The van der Waals surface area contributed by atoms with Gasteiger partial charge in [-0.1, -0.05) is 11.3 Å². The van der Waals surface area contributed by atoms with E-state index in [9.17, 15) is 25.0 Å². The van der Waals surface area contributed by atoms with Gasteiger partial charge < -0.3 is 4.74 Å². The molecule has 0 spiro atoms. The molecule has 0 atom stereocenters. The number of hydrogen-bond acceptors (Lipinski definition) is 8. The Labute approximate surface area is 196 Å². The van der Waals surface area contributed by atoms with E-state index in [1.165, 1.54) is 47.7 Å². The molecule has 4 aromatic rings. The van der Waals surface area contributed by atoms with Crippen molar-refractivity contribution in [3.63, 3.8) is 0 Å². The monoisotopic (exact) mass is 476 g/mol. The molecule has 34 heavy (non-hydrogen) atoms. The number of non-ortho nitro benzene ring substituents is 2. The number of nitro benzene ring substituents is 2. The van der Waals surface area contributed by atoms with E-state index in [1.807, 2.05) is 12.1 Å². The number of hydrogen-bond donors (Lipinski definition) is 1. The van der Waals surface area contributed by atoms with Gasteiger partial charge in [0, 0.05) is 35.4 Å². The lowest BCUT2D eigenvalue weighted by Gasteiger charge is -2.04. The predicted molar refractivity (Wildman–Crippen MR) is 127 cm³/mol. The predicted octanol–water partition coefficient (Wildman–Crippen LogP) is 5.55. The highest BCUT2D eigenvalue weighted by atomic mass is 32.1. The summed E-state index contributed by atoms with van der Waals surface area (Å²) in [6.45, 7) is 0. The van der Waals surface area contributed by atoms with Gasteiger partial charge >= 0.3 is 0 Å². The summed E-state index contributed by atoms with van der Waals surface area (Å²) >= 11 is 1.21. The van der Waals surface area contributed by atoms with E-state index in [0.717, 1.165) is 5.56 Å². The summed E-state index contributed by atoms with van der Waals surface area (Å²) in [5, 5.41) is 24.9. The van der Waals surface area contributed by atoms with E-state index in [-0.39, 0.29) is 16.9 Å². The fourth-order valence-electron chi connectivity index (χ4n) is 3.15. The highest BCUT2D eigenvalue weighted by Gasteiger charge is 2.18. The summed E-state index contributed by atoms with van der Waals surface area (Å²) in [6, 6.07) is 18.5. The van der Waals surface area contributed by atoms with Gasteiger partial charge in [-0.15, -0.1) is 0 Å². The van der Waals surface area contributed by atoms with Crippen LogP contribution in [0.15, 0.2) is 72.8 Å². The number of nitro groups is 2. The first kappa shape index (κ1) is 22.6. The number of thiazole rings is 1. The number of anilines is 1. The zero-order valence-electron chi connectivity index (χ0n) is 17.6. The first-order chi connectivity index (χ1) is 16.4. The van der Waals surface area contributed by atoms with Gasteiger partial charge in [0.15, 0.2) is 5.13 Å². The molecule has 0 saturated carbocycles. The molecule has 0 aliphatic rings. The molecule has 170 valence electrons. The number of nitrogens with one attached hydrogen (secondary N) is 1. The lowest BCUT2D eigenvalue weighted by Crippen LogP contribution is -2.11. The standard InChI is InChI=1S/C23H16N4O6S/c1-33-19-12-6-14(7-13-19)20-21(15-2-8-17(9-3-15)26(29)30)34-23(24-20)25-22(28)16-4-10-18(11-5-16)27(31)32/h2-13H,1H3,(H,24,25,28). The third kappa shape index (κ3) is 4.74. The second-order valence-electron chi connectivity index (χ2n) is 6.99. The van der Waals surface area contributed by atoms with Crippen molar-refractivity contribution >= 4 is 33.8 Å². The zero-order chi connectivity index (χ0) is 24.2. The Kier molecular flexibility index (Phi) is 6.28. The summed E-state index contributed by atoms with van der Waals surface area (Å²) in [5.41, 5.74) is 2.13. The first-order valence-electron chi connectivity index (χ1n) is 9.81. The van der Waals surface area contributed by atoms with Gasteiger partial charge in [0.05, 0.1) is 27.5 Å². The van der Waals surface area contributed by atoms with Crippen LogP contribution in [0.5, 0.6) is 5.75 Å². The fourth-order valence-corrected chi connectivity index (χ4v) is 4.14. The van der Waals surface area contributed by atoms with Gasteiger partial charge in [-0.05, 0) is 54.1 Å². The second kappa shape index (κ2) is 9.46. The molecular weight excluding hydrogens is 460 g/mol. The number of carbonyl (C=O) groups is 1. The maximum atomic E-state index is 12.7. The van der Waals surface area contributed by atoms with Crippen LogP contribution >= 0.6 is 11.3 Å². The Bertz CT molecular complexity index is 1370. The zero-order valence-corrected chi connectivity index (χ0v) is 18.4. The van der Waals surface area contributed by atoms with Crippen LogP contribution in [-0.2, 0) is 0 Å². The van der Waals surface area contributed by atoms with Crippen molar-refractivity contribution in [2.75, 3.05) is 12.4 Å². The smallest absolute Gasteiger partial charge is 0.269 e. The summed E-state index contributed by atoms with van der Waals surface area (Å²) in [6.07, 6.45) is 0. The fraction of sp³-hybridized carbons (Fsp3) is 0.0435. The number of carbonyl (C=O) groups excluding carboxylic acids is 1. The van der Waals surface area contributed by atoms with Crippen LogP contribution in [0.25, 0.3) is 21.7 Å². The molecule has 0 radical (unpaired) electrons. The van der Waals surface area contributed by atoms with Crippen molar-refractivity contribution in [3.05, 3.63) is 98.6 Å². The minimum absolute atomic E-state index is 0.0361. The minimum atomic E-state index is -0.542. The van der Waals surface area contributed by atoms with E-state index in [2.05, 4.69) is 10.3 Å². The second-order valence-corrected chi connectivity index (χ2v) is 7.99. The maximum Gasteiger partial charge on any atom is 0.269 e. The molecule has 1 amide bonds. The average molecular weight is 476 g/mol. The van der Waals surface area contributed by atoms with E-state index in [4.69, 9.17) is 4.74 Å². The number of ether oxygens (including phenoxy) is 1. The van der Waals surface area contributed by atoms with E-state index >= 15 is 0 Å². The van der Waals surface area contributed by atoms with E-state index in [0.29, 0.717) is 27.0 Å². The van der Waals surface area contributed by atoms with Crippen LogP contribution in [0, 0.1) is 20.2 Å². The quantitative estimate of drug-likeness (QED) is 0.272. The Balaban J connectivity index is 1.69. The van der Waals surface area contributed by atoms with Crippen LogP contribution in [-0.4, -0.2) is 27.8 Å². The molecule has 0 saturated heterocycles. The average Bonchev–Trinajstić information content (AvgIpc) is 3.27. The molecule has 0 bridgehead atoms. The van der Waals surface area contributed by atoms with Gasteiger partial charge in [0.25, 0.3) is 17.3 Å². The molecular formula is C23H16N4O6S. The van der Waals surface area contributed by atoms with Crippen molar-refractivity contribution in [2.24, 2.45) is 0 Å². The van der Waals surface area contributed by atoms with Crippen molar-refractivity contribution < 1.29 is 19.4 Å². The van der Waals surface area contributed by atoms with Gasteiger partial charge in [0.1, 0.15) is 5.75 Å². The lowest BCUT2D eigenvalue weighted by atomic mass is 10.1. The molecule has 0 unspecified atom stereocenters. The van der Waals surface area contributed by atoms with Crippen LogP contribution < -0.4 is 10.1 Å². The molecule has 1 heterocycles. The van der Waals surface area contributed by atoms with Crippen LogP contribution in [0.1, 0.15) is 10.4 Å². The number of methoxy groups -OCH3 is 1. The minimum Gasteiger partial charge on any atom is -0.497 e. The van der Waals surface area contributed by atoms with Crippen LogP contribution in [0.3, 0.4) is 0 Å². The summed E-state index contributed by atoms with van der Waals surface area (Å²) in [5.74, 6) is 0.197. The third-order valence-corrected chi connectivity index (χ3v) is 5.91. The number of aromatic nitrogens is 1. The number of benzene rings is 3. The molecule has 0 aliphatic carbocycles. The van der Waals surface area contributed by atoms with Gasteiger partial charge in [0.2, 0.25) is 0 Å². The molecule has 1 N–H and O–H groups in total. The Morgan fingerprint density at radius 3 is 1.91 bits per heavy atom. The van der Waals surface area contributed by atoms with Gasteiger partial charge in [-0.2, -0.15) is 0 Å². The number of rotatable bonds is 7. The van der Waals surface area contributed by atoms with Crippen molar-refractivity contribution in [2.45, 2.75) is 0 Å². The molecule has 3 aromatic carbocycles. The third-order valence-electron chi connectivity index (χ3n) is 4.89. The topological polar surface area (TPSA) is 138 Å². The largest absolute Gasteiger partial charge is 0.497 e. The highest BCUT2D eigenvalue weighted by Crippen LogP contribution is 2.40. The number of amides is 1. The molecule has 0 aliphatic heterocycles. The van der Waals surface area contributed by atoms with Crippen molar-refractivity contribution in [1.29, 1.82) is 0 Å². The molecule has 10 nitrogen and oxygen atoms in total. The Hall–Kier alpha value is -4.64. The molecule has 4 rings (SSSR count). The highest BCUT2D eigenvalue weighted by molar-refractivity contribution is 7.19. The molecule has 11 heteroatoms. The Morgan fingerprint density at radius 2 is 1.38 bits per heavy atom.